The number of amides is 1. The fourth-order valence-electron chi connectivity index (χ4n) is 3.07. The average Bonchev–Trinajstić information content (AvgIpc) is 2.66. The summed E-state index contributed by atoms with van der Waals surface area (Å²) >= 11 is 0. The average molecular weight is 339 g/mol. The van der Waals surface area contributed by atoms with Crippen molar-refractivity contribution < 1.29 is 19.1 Å². The van der Waals surface area contributed by atoms with Crippen LogP contribution in [0.15, 0.2) is 48.5 Å². The van der Waals surface area contributed by atoms with Crippen molar-refractivity contribution >= 4 is 17.6 Å². The van der Waals surface area contributed by atoms with E-state index in [9.17, 15) is 9.59 Å². The Kier molecular flexibility index (Phi) is 5.33. The first-order valence-electron chi connectivity index (χ1n) is 8.35. The molecule has 0 N–H and O–H groups in total. The first-order chi connectivity index (χ1) is 12.2. The zero-order valence-corrected chi connectivity index (χ0v) is 14.2. The summed E-state index contributed by atoms with van der Waals surface area (Å²) < 4.78 is 10.4. The number of esters is 1. The molecule has 3 rings (SSSR count). The van der Waals surface area contributed by atoms with E-state index in [-0.39, 0.29) is 18.9 Å². The van der Waals surface area contributed by atoms with E-state index in [0.717, 1.165) is 29.7 Å². The number of benzene rings is 2. The molecule has 0 saturated heterocycles. The molecule has 1 aliphatic heterocycles. The first kappa shape index (κ1) is 17.0. The number of ether oxygens (including phenoxy) is 2. The Morgan fingerprint density at radius 3 is 2.68 bits per heavy atom. The lowest BCUT2D eigenvalue weighted by molar-refractivity contribution is -0.147. The number of para-hydroxylation sites is 2. The summed E-state index contributed by atoms with van der Waals surface area (Å²) in [6.07, 6.45) is 1.96. The summed E-state index contributed by atoms with van der Waals surface area (Å²) in [7, 11) is 1.56. The number of carbonyl (C=O) groups is 2. The highest BCUT2D eigenvalue weighted by Crippen LogP contribution is 2.26. The summed E-state index contributed by atoms with van der Waals surface area (Å²) in [5.74, 6) is -0.000550. The monoisotopic (exact) mass is 339 g/mol. The number of aryl methyl sites for hydroxylation is 1. The molecule has 0 saturated carbocycles. The molecule has 0 fully saturated rings. The summed E-state index contributed by atoms with van der Waals surface area (Å²) in [4.78, 5) is 26.2. The fourth-order valence-corrected chi connectivity index (χ4v) is 3.07. The van der Waals surface area contributed by atoms with Crippen molar-refractivity contribution in [2.75, 3.05) is 25.2 Å². The topological polar surface area (TPSA) is 55.8 Å². The second-order valence-electron chi connectivity index (χ2n) is 5.93. The predicted molar refractivity (Wildman–Crippen MR) is 94.8 cm³/mol. The third kappa shape index (κ3) is 3.99. The van der Waals surface area contributed by atoms with Crippen LogP contribution in [0.3, 0.4) is 0 Å². The maximum absolute atomic E-state index is 12.5. The molecule has 5 heteroatoms. The molecule has 2 aromatic rings. The van der Waals surface area contributed by atoms with Gasteiger partial charge in [-0.3, -0.25) is 9.59 Å². The van der Waals surface area contributed by atoms with Gasteiger partial charge >= 0.3 is 5.97 Å². The number of anilines is 1. The van der Waals surface area contributed by atoms with Gasteiger partial charge in [-0.1, -0.05) is 36.4 Å². The van der Waals surface area contributed by atoms with Crippen LogP contribution in [-0.4, -0.2) is 32.1 Å². The lowest BCUT2D eigenvalue weighted by atomic mass is 10.0. The quantitative estimate of drug-likeness (QED) is 0.786. The highest BCUT2D eigenvalue weighted by atomic mass is 16.5. The predicted octanol–water partition coefficient (Wildman–Crippen LogP) is 2.76. The second kappa shape index (κ2) is 7.83. The standard InChI is InChI=1S/C20H21NO4/c1-24-18-11-5-3-8-16(18)13-20(23)25-14-19(22)21-12-6-9-15-7-2-4-10-17(15)21/h2-5,7-8,10-11H,6,9,12-14H2,1H3. The lowest BCUT2D eigenvalue weighted by Crippen LogP contribution is -2.38. The van der Waals surface area contributed by atoms with E-state index in [1.54, 1.807) is 18.1 Å². The van der Waals surface area contributed by atoms with Gasteiger partial charge in [-0.25, -0.2) is 0 Å². The largest absolute Gasteiger partial charge is 0.496 e. The molecule has 1 heterocycles. The van der Waals surface area contributed by atoms with Crippen molar-refractivity contribution in [1.82, 2.24) is 0 Å². The molecule has 130 valence electrons. The van der Waals surface area contributed by atoms with Crippen molar-refractivity contribution in [2.45, 2.75) is 19.3 Å². The van der Waals surface area contributed by atoms with Crippen LogP contribution in [-0.2, 0) is 27.2 Å². The summed E-state index contributed by atoms with van der Waals surface area (Å²) in [6.45, 7) is 0.405. The lowest BCUT2D eigenvalue weighted by Gasteiger charge is -2.29. The minimum atomic E-state index is -0.442. The highest BCUT2D eigenvalue weighted by Gasteiger charge is 2.23. The minimum Gasteiger partial charge on any atom is -0.496 e. The summed E-state index contributed by atoms with van der Waals surface area (Å²) in [5.41, 5.74) is 2.81. The van der Waals surface area contributed by atoms with E-state index in [1.165, 1.54) is 0 Å². The molecule has 0 unspecified atom stereocenters. The number of nitrogens with zero attached hydrogens (tertiary/aromatic N) is 1. The molecule has 0 aromatic heterocycles. The number of methoxy groups -OCH3 is 1. The zero-order valence-electron chi connectivity index (χ0n) is 14.2. The number of hydrogen-bond donors (Lipinski definition) is 0. The number of fused-ring (bicyclic) bond motifs is 1. The van der Waals surface area contributed by atoms with Gasteiger partial charge in [0, 0.05) is 17.8 Å². The van der Waals surface area contributed by atoms with Gasteiger partial charge in [0.15, 0.2) is 6.61 Å². The highest BCUT2D eigenvalue weighted by molar-refractivity contribution is 5.96. The Labute approximate surface area is 147 Å². The van der Waals surface area contributed by atoms with Gasteiger partial charge in [-0.2, -0.15) is 0 Å². The van der Waals surface area contributed by atoms with E-state index in [2.05, 4.69) is 0 Å². The van der Waals surface area contributed by atoms with Gasteiger partial charge in [0.1, 0.15) is 5.75 Å². The van der Waals surface area contributed by atoms with E-state index < -0.39 is 5.97 Å². The molecule has 1 aliphatic rings. The second-order valence-corrected chi connectivity index (χ2v) is 5.93. The third-order valence-electron chi connectivity index (χ3n) is 4.30. The smallest absolute Gasteiger partial charge is 0.310 e. The van der Waals surface area contributed by atoms with Gasteiger partial charge in [0.2, 0.25) is 0 Å². The molecule has 0 spiro atoms. The third-order valence-corrected chi connectivity index (χ3v) is 4.30. The van der Waals surface area contributed by atoms with E-state index in [1.807, 2.05) is 42.5 Å². The maximum atomic E-state index is 12.5. The SMILES string of the molecule is COc1ccccc1CC(=O)OCC(=O)N1CCCc2ccccc21. The fraction of sp³-hybridized carbons (Fsp3) is 0.300. The van der Waals surface area contributed by atoms with E-state index in [0.29, 0.717) is 12.3 Å². The number of rotatable bonds is 5. The summed E-state index contributed by atoms with van der Waals surface area (Å²) in [6, 6.07) is 15.1. The van der Waals surface area contributed by atoms with Gasteiger partial charge in [0.25, 0.3) is 5.91 Å². The number of hydrogen-bond acceptors (Lipinski definition) is 4. The molecule has 2 aromatic carbocycles. The molecule has 0 atom stereocenters. The first-order valence-corrected chi connectivity index (χ1v) is 8.35. The Bertz CT molecular complexity index is 772. The minimum absolute atomic E-state index is 0.0773. The van der Waals surface area contributed by atoms with Gasteiger partial charge < -0.3 is 14.4 Å². The molecule has 25 heavy (non-hydrogen) atoms. The molecule has 0 bridgehead atoms. The van der Waals surface area contributed by atoms with Gasteiger partial charge in [-0.05, 0) is 30.5 Å². The van der Waals surface area contributed by atoms with E-state index >= 15 is 0 Å². The van der Waals surface area contributed by atoms with Crippen LogP contribution in [0.5, 0.6) is 5.75 Å². The van der Waals surface area contributed by atoms with Crippen molar-refractivity contribution in [3.8, 4) is 5.75 Å². The van der Waals surface area contributed by atoms with Crippen LogP contribution >= 0.6 is 0 Å². The maximum Gasteiger partial charge on any atom is 0.310 e. The Morgan fingerprint density at radius 2 is 1.84 bits per heavy atom. The molecular weight excluding hydrogens is 318 g/mol. The van der Waals surface area contributed by atoms with Crippen LogP contribution in [0.1, 0.15) is 17.5 Å². The Hall–Kier alpha value is -2.82. The molecule has 5 nitrogen and oxygen atoms in total. The van der Waals surface area contributed by atoms with Crippen molar-refractivity contribution in [2.24, 2.45) is 0 Å². The van der Waals surface area contributed by atoms with Crippen LogP contribution in [0, 0.1) is 0 Å². The van der Waals surface area contributed by atoms with Crippen molar-refractivity contribution in [3.05, 3.63) is 59.7 Å². The summed E-state index contributed by atoms with van der Waals surface area (Å²) in [5, 5.41) is 0. The molecule has 1 amide bonds. The van der Waals surface area contributed by atoms with Crippen LogP contribution in [0.2, 0.25) is 0 Å². The Balaban J connectivity index is 1.59. The normalized spacial score (nSPS) is 13.1. The van der Waals surface area contributed by atoms with Crippen LogP contribution in [0.4, 0.5) is 5.69 Å². The Morgan fingerprint density at radius 1 is 1.08 bits per heavy atom. The van der Waals surface area contributed by atoms with Crippen molar-refractivity contribution in [3.63, 3.8) is 0 Å². The number of carbonyl (C=O) groups excluding carboxylic acids is 2. The molecular formula is C20H21NO4. The van der Waals surface area contributed by atoms with Gasteiger partial charge in [-0.15, -0.1) is 0 Å². The van der Waals surface area contributed by atoms with E-state index in [4.69, 9.17) is 9.47 Å². The van der Waals surface area contributed by atoms with Crippen LogP contribution in [0.25, 0.3) is 0 Å². The van der Waals surface area contributed by atoms with Crippen LogP contribution < -0.4 is 9.64 Å². The molecule has 0 aliphatic carbocycles. The van der Waals surface area contributed by atoms with Gasteiger partial charge in [0.05, 0.1) is 13.5 Å². The zero-order chi connectivity index (χ0) is 17.6. The molecule has 0 radical (unpaired) electrons. The van der Waals surface area contributed by atoms with Crippen molar-refractivity contribution in [1.29, 1.82) is 0 Å².